The number of thioether (sulfide) groups is 1. The van der Waals surface area contributed by atoms with E-state index in [4.69, 9.17) is 17.2 Å². The molecule has 37 heavy (non-hydrogen) atoms. The summed E-state index contributed by atoms with van der Waals surface area (Å²) in [6.45, 7) is 7.93. The number of benzene rings is 1. The number of piperazine rings is 1. The van der Waals surface area contributed by atoms with E-state index in [2.05, 4.69) is 9.80 Å². The summed E-state index contributed by atoms with van der Waals surface area (Å²) in [5.41, 5.74) is 3.81. The molecule has 3 aromatic rings. The highest BCUT2D eigenvalue weighted by Gasteiger charge is 2.33. The Morgan fingerprint density at radius 3 is 2.51 bits per heavy atom. The molecule has 192 valence electrons. The number of hydrogen-bond donors (Lipinski definition) is 1. The number of fused-ring (bicyclic) bond motifs is 1. The molecular formula is C27H29N5O3S2. The molecule has 8 nitrogen and oxygen atoms in total. The Morgan fingerprint density at radius 2 is 1.81 bits per heavy atom. The number of aliphatic hydroxyl groups is 1. The second-order valence-electron chi connectivity index (χ2n) is 9.34. The maximum atomic E-state index is 13.7. The quantitative estimate of drug-likeness (QED) is 0.381. The number of carbonyl (C=O) groups is 1. The Bertz CT molecular complexity index is 1440. The predicted molar refractivity (Wildman–Crippen MR) is 152 cm³/mol. The van der Waals surface area contributed by atoms with Gasteiger partial charge >= 0.3 is 0 Å². The molecule has 0 saturated carbocycles. The summed E-state index contributed by atoms with van der Waals surface area (Å²) < 4.78 is 2.01. The van der Waals surface area contributed by atoms with Gasteiger partial charge in [-0.05, 0) is 37.1 Å². The summed E-state index contributed by atoms with van der Waals surface area (Å²) in [5, 5.41) is 9.29. The van der Waals surface area contributed by atoms with Gasteiger partial charge < -0.3 is 10.0 Å². The SMILES string of the molecule is Cc1ccc(CN2C(=O)/C(=C\c3c(N4CCN(CCO)CC4)nc4c(C)cccn4c3=O)SC2=S)cc1. The fraction of sp³-hybridized carbons (Fsp3) is 0.333. The maximum Gasteiger partial charge on any atom is 0.267 e. The van der Waals surface area contributed by atoms with Gasteiger partial charge in [-0.25, -0.2) is 4.98 Å². The number of thiocarbonyl (C=S) groups is 1. The van der Waals surface area contributed by atoms with Gasteiger partial charge in [-0.1, -0.05) is 59.9 Å². The Balaban J connectivity index is 1.52. The third-order valence-corrected chi connectivity index (χ3v) is 8.14. The van der Waals surface area contributed by atoms with Crippen LogP contribution in [0.15, 0.2) is 52.3 Å². The molecule has 4 heterocycles. The van der Waals surface area contributed by atoms with Crippen LogP contribution >= 0.6 is 24.0 Å². The smallest absolute Gasteiger partial charge is 0.267 e. The highest BCUT2D eigenvalue weighted by atomic mass is 32.2. The summed E-state index contributed by atoms with van der Waals surface area (Å²) >= 11 is 6.77. The molecule has 0 spiro atoms. The van der Waals surface area contributed by atoms with Crippen molar-refractivity contribution in [2.24, 2.45) is 0 Å². The Morgan fingerprint density at radius 1 is 1.08 bits per heavy atom. The van der Waals surface area contributed by atoms with Gasteiger partial charge in [-0.3, -0.25) is 23.8 Å². The summed E-state index contributed by atoms with van der Waals surface area (Å²) in [5.74, 6) is 0.370. The van der Waals surface area contributed by atoms with Gasteiger partial charge in [0.2, 0.25) is 0 Å². The van der Waals surface area contributed by atoms with Gasteiger partial charge in [0, 0.05) is 38.9 Å². The summed E-state index contributed by atoms with van der Waals surface area (Å²) in [4.78, 5) is 38.3. The Hall–Kier alpha value is -3.05. The normalized spacial score (nSPS) is 18.0. The van der Waals surface area contributed by atoms with Crippen LogP contribution in [0.5, 0.6) is 0 Å². The standard InChI is InChI=1S/C27H29N5O3S2/c1-18-5-7-20(8-6-18)17-32-26(35)22(37-27(32)36)16-21-24(30-12-10-29(11-13-30)14-15-33)28-23-19(2)4-3-9-31(23)25(21)34/h3-9,16,33H,10-15,17H2,1-2H3/b22-16+. The molecule has 0 aliphatic carbocycles. The molecule has 2 aromatic heterocycles. The molecule has 2 fully saturated rings. The van der Waals surface area contributed by atoms with Crippen molar-refractivity contribution in [3.8, 4) is 0 Å². The number of aromatic nitrogens is 2. The Kier molecular flexibility index (Phi) is 7.43. The average Bonchev–Trinajstić information content (AvgIpc) is 3.15. The van der Waals surface area contributed by atoms with Crippen LogP contribution in [0.1, 0.15) is 22.3 Å². The lowest BCUT2D eigenvalue weighted by molar-refractivity contribution is -0.122. The van der Waals surface area contributed by atoms with Crippen LogP contribution in [0, 0.1) is 13.8 Å². The third-order valence-electron chi connectivity index (χ3n) is 6.76. The number of carbonyl (C=O) groups excluding carboxylic acids is 1. The van der Waals surface area contributed by atoms with E-state index >= 15 is 0 Å². The van der Waals surface area contributed by atoms with E-state index < -0.39 is 0 Å². The van der Waals surface area contributed by atoms with Gasteiger partial charge in [0.05, 0.1) is 23.6 Å². The number of rotatable bonds is 6. The van der Waals surface area contributed by atoms with Crippen molar-refractivity contribution in [3.63, 3.8) is 0 Å². The first-order valence-electron chi connectivity index (χ1n) is 12.3. The van der Waals surface area contributed by atoms with E-state index in [1.54, 1.807) is 21.6 Å². The molecule has 1 N–H and O–H groups in total. The van der Waals surface area contributed by atoms with Crippen molar-refractivity contribution >= 4 is 51.7 Å². The molecular weight excluding hydrogens is 506 g/mol. The molecule has 0 radical (unpaired) electrons. The molecule has 5 rings (SSSR count). The first-order chi connectivity index (χ1) is 17.9. The summed E-state index contributed by atoms with van der Waals surface area (Å²) in [7, 11) is 0. The molecule has 2 aliphatic heterocycles. The second-order valence-corrected chi connectivity index (χ2v) is 11.0. The maximum absolute atomic E-state index is 13.7. The molecule has 2 aliphatic rings. The molecule has 1 aromatic carbocycles. The molecule has 1 amide bonds. The van der Waals surface area contributed by atoms with Crippen molar-refractivity contribution in [1.82, 2.24) is 19.2 Å². The third kappa shape index (κ3) is 5.19. The summed E-state index contributed by atoms with van der Waals surface area (Å²) in [6.07, 6.45) is 3.37. The lowest BCUT2D eigenvalue weighted by Crippen LogP contribution is -2.48. The van der Waals surface area contributed by atoms with Gasteiger partial charge in [0.25, 0.3) is 11.5 Å². The zero-order valence-electron chi connectivity index (χ0n) is 20.9. The van der Waals surface area contributed by atoms with Gasteiger partial charge in [0.1, 0.15) is 15.8 Å². The fourth-order valence-electron chi connectivity index (χ4n) is 4.64. The number of aryl methyl sites for hydroxylation is 2. The van der Waals surface area contributed by atoms with Crippen LogP contribution < -0.4 is 10.5 Å². The van der Waals surface area contributed by atoms with Crippen molar-refractivity contribution in [2.75, 3.05) is 44.2 Å². The van der Waals surface area contributed by atoms with Crippen molar-refractivity contribution < 1.29 is 9.90 Å². The number of pyridine rings is 1. The predicted octanol–water partition coefficient (Wildman–Crippen LogP) is 2.83. The molecule has 0 bridgehead atoms. The van der Waals surface area contributed by atoms with E-state index in [0.29, 0.717) is 52.4 Å². The van der Waals surface area contributed by atoms with E-state index in [9.17, 15) is 14.7 Å². The van der Waals surface area contributed by atoms with Crippen molar-refractivity contribution in [2.45, 2.75) is 20.4 Å². The first-order valence-corrected chi connectivity index (χ1v) is 13.5. The van der Waals surface area contributed by atoms with Crippen LogP contribution in [0.2, 0.25) is 0 Å². The van der Waals surface area contributed by atoms with Crippen molar-refractivity contribution in [1.29, 1.82) is 0 Å². The van der Waals surface area contributed by atoms with Gasteiger partial charge in [-0.15, -0.1) is 0 Å². The topological polar surface area (TPSA) is 81.4 Å². The van der Waals surface area contributed by atoms with Crippen LogP contribution in [0.25, 0.3) is 11.7 Å². The average molecular weight is 536 g/mol. The van der Waals surface area contributed by atoms with E-state index in [0.717, 1.165) is 29.8 Å². The number of hydrogen-bond acceptors (Lipinski definition) is 8. The minimum absolute atomic E-state index is 0.116. The first kappa shape index (κ1) is 25.6. The number of anilines is 1. The summed E-state index contributed by atoms with van der Waals surface area (Å²) in [6, 6.07) is 11.8. The highest BCUT2D eigenvalue weighted by Crippen LogP contribution is 2.34. The zero-order chi connectivity index (χ0) is 26.1. The van der Waals surface area contributed by atoms with Crippen LogP contribution in [0.3, 0.4) is 0 Å². The monoisotopic (exact) mass is 535 g/mol. The highest BCUT2D eigenvalue weighted by molar-refractivity contribution is 8.26. The molecule has 0 unspecified atom stereocenters. The zero-order valence-corrected chi connectivity index (χ0v) is 22.5. The lowest BCUT2D eigenvalue weighted by Gasteiger charge is -2.35. The molecule has 2 saturated heterocycles. The molecule has 0 atom stereocenters. The number of β-amino-alcohol motifs (C(OH)–C–C–N with tert-alkyl or cyclic N) is 1. The van der Waals surface area contributed by atoms with Gasteiger partial charge in [-0.2, -0.15) is 0 Å². The van der Waals surface area contributed by atoms with E-state index in [1.165, 1.54) is 11.8 Å². The second kappa shape index (κ2) is 10.7. The minimum atomic E-state index is -0.217. The lowest BCUT2D eigenvalue weighted by atomic mass is 10.1. The largest absolute Gasteiger partial charge is 0.395 e. The fourth-order valence-corrected chi connectivity index (χ4v) is 5.87. The van der Waals surface area contributed by atoms with E-state index in [1.807, 2.05) is 50.2 Å². The number of aliphatic hydroxyl groups excluding tert-OH is 1. The van der Waals surface area contributed by atoms with Crippen molar-refractivity contribution in [3.05, 3.63) is 80.1 Å². The minimum Gasteiger partial charge on any atom is -0.395 e. The number of nitrogens with zero attached hydrogens (tertiary/aromatic N) is 5. The van der Waals surface area contributed by atoms with Crippen LogP contribution in [-0.2, 0) is 11.3 Å². The van der Waals surface area contributed by atoms with Gasteiger partial charge in [0.15, 0.2) is 0 Å². The number of amides is 1. The van der Waals surface area contributed by atoms with Crippen LogP contribution in [-0.4, -0.2) is 73.8 Å². The van der Waals surface area contributed by atoms with Crippen LogP contribution in [0.4, 0.5) is 5.82 Å². The van der Waals surface area contributed by atoms with E-state index in [-0.39, 0.29) is 18.1 Å². The Labute approximate surface area is 225 Å². The molecule has 10 heteroatoms.